The van der Waals surface area contributed by atoms with E-state index in [9.17, 15) is 0 Å². The highest BCUT2D eigenvalue weighted by Crippen LogP contribution is 2.06. The van der Waals surface area contributed by atoms with Gasteiger partial charge in [0.15, 0.2) is 0 Å². The van der Waals surface area contributed by atoms with Gasteiger partial charge in [-0.25, -0.2) is 0 Å². The van der Waals surface area contributed by atoms with E-state index in [1.807, 2.05) is 13.8 Å². The standard InChI is InChI=1S/C7H15NO.C2H6/c1-3-7-6-9-5-4-8(7)2;1-2/h7H,3-6H2,1-2H3;1-2H3. The average molecular weight is 159 g/mol. The van der Waals surface area contributed by atoms with Gasteiger partial charge in [0.2, 0.25) is 0 Å². The first-order valence-electron chi connectivity index (χ1n) is 4.62. The van der Waals surface area contributed by atoms with E-state index in [2.05, 4.69) is 18.9 Å². The van der Waals surface area contributed by atoms with Crippen molar-refractivity contribution in [1.29, 1.82) is 0 Å². The minimum atomic E-state index is 0.666. The van der Waals surface area contributed by atoms with Gasteiger partial charge in [-0.15, -0.1) is 0 Å². The van der Waals surface area contributed by atoms with E-state index >= 15 is 0 Å². The molecule has 1 saturated heterocycles. The van der Waals surface area contributed by atoms with Crippen molar-refractivity contribution in [2.45, 2.75) is 33.2 Å². The molecule has 0 spiro atoms. The number of morpholine rings is 1. The minimum absolute atomic E-state index is 0.666. The summed E-state index contributed by atoms with van der Waals surface area (Å²) in [7, 11) is 2.16. The van der Waals surface area contributed by atoms with E-state index in [1.54, 1.807) is 0 Å². The Bertz CT molecular complexity index is 85.6. The Morgan fingerprint density at radius 1 is 1.45 bits per heavy atom. The molecule has 0 aromatic carbocycles. The second-order valence-electron chi connectivity index (χ2n) is 2.62. The second-order valence-corrected chi connectivity index (χ2v) is 2.62. The minimum Gasteiger partial charge on any atom is -0.378 e. The molecule has 0 N–H and O–H groups in total. The molecular formula is C9H21NO. The van der Waals surface area contributed by atoms with E-state index in [0.717, 1.165) is 19.8 Å². The molecule has 2 nitrogen and oxygen atoms in total. The van der Waals surface area contributed by atoms with Crippen LogP contribution in [-0.4, -0.2) is 37.7 Å². The highest BCUT2D eigenvalue weighted by Gasteiger charge is 2.16. The van der Waals surface area contributed by atoms with E-state index in [4.69, 9.17) is 4.74 Å². The monoisotopic (exact) mass is 159 g/mol. The first-order chi connectivity index (χ1) is 5.34. The zero-order valence-corrected chi connectivity index (χ0v) is 8.26. The van der Waals surface area contributed by atoms with Crippen LogP contribution in [0.2, 0.25) is 0 Å². The molecule has 1 heterocycles. The fourth-order valence-corrected chi connectivity index (χ4v) is 1.17. The van der Waals surface area contributed by atoms with E-state index in [0.29, 0.717) is 6.04 Å². The number of likely N-dealkylation sites (N-methyl/N-ethyl adjacent to an activating group) is 1. The third kappa shape index (κ3) is 3.73. The lowest BCUT2D eigenvalue weighted by molar-refractivity contribution is 0.00477. The molecule has 68 valence electrons. The van der Waals surface area contributed by atoms with Crippen molar-refractivity contribution in [2.75, 3.05) is 26.8 Å². The fraction of sp³-hybridized carbons (Fsp3) is 1.00. The lowest BCUT2D eigenvalue weighted by Crippen LogP contribution is -2.42. The van der Waals surface area contributed by atoms with Crippen LogP contribution in [-0.2, 0) is 4.74 Å². The van der Waals surface area contributed by atoms with E-state index < -0.39 is 0 Å². The first kappa shape index (κ1) is 10.9. The third-order valence-electron chi connectivity index (χ3n) is 1.99. The Labute approximate surface area is 70.5 Å². The molecule has 1 aliphatic heterocycles. The molecule has 0 aliphatic carbocycles. The molecule has 0 bridgehead atoms. The summed E-state index contributed by atoms with van der Waals surface area (Å²) in [5, 5.41) is 0. The zero-order chi connectivity index (χ0) is 8.69. The maximum Gasteiger partial charge on any atom is 0.0622 e. The Morgan fingerprint density at radius 2 is 2.09 bits per heavy atom. The van der Waals surface area contributed by atoms with Crippen LogP contribution in [0.25, 0.3) is 0 Å². The number of hydrogen-bond donors (Lipinski definition) is 0. The van der Waals surface area contributed by atoms with Crippen LogP contribution in [0.5, 0.6) is 0 Å². The van der Waals surface area contributed by atoms with Gasteiger partial charge in [-0.3, -0.25) is 4.90 Å². The summed E-state index contributed by atoms with van der Waals surface area (Å²) >= 11 is 0. The van der Waals surface area contributed by atoms with Gasteiger partial charge in [0.1, 0.15) is 0 Å². The van der Waals surface area contributed by atoms with Crippen LogP contribution in [0, 0.1) is 0 Å². The van der Waals surface area contributed by atoms with Gasteiger partial charge in [0, 0.05) is 12.6 Å². The molecule has 0 radical (unpaired) electrons. The summed E-state index contributed by atoms with van der Waals surface area (Å²) in [6.07, 6.45) is 1.20. The topological polar surface area (TPSA) is 12.5 Å². The molecule has 0 aromatic rings. The van der Waals surface area contributed by atoms with Crippen LogP contribution >= 0.6 is 0 Å². The molecule has 11 heavy (non-hydrogen) atoms. The molecule has 1 fully saturated rings. The van der Waals surface area contributed by atoms with Gasteiger partial charge in [0.05, 0.1) is 13.2 Å². The van der Waals surface area contributed by atoms with Gasteiger partial charge in [0.25, 0.3) is 0 Å². The lowest BCUT2D eigenvalue weighted by Gasteiger charge is -2.31. The van der Waals surface area contributed by atoms with Crippen molar-refractivity contribution >= 4 is 0 Å². The number of ether oxygens (including phenoxy) is 1. The SMILES string of the molecule is CC.CCC1COCCN1C. The zero-order valence-electron chi connectivity index (χ0n) is 8.26. The maximum atomic E-state index is 5.30. The molecule has 1 aliphatic rings. The van der Waals surface area contributed by atoms with Crippen molar-refractivity contribution in [3.63, 3.8) is 0 Å². The van der Waals surface area contributed by atoms with Gasteiger partial charge in [-0.2, -0.15) is 0 Å². The molecule has 1 rings (SSSR count). The van der Waals surface area contributed by atoms with Crippen molar-refractivity contribution in [3.8, 4) is 0 Å². The Kier molecular flexibility index (Phi) is 6.57. The lowest BCUT2D eigenvalue weighted by atomic mass is 10.2. The summed E-state index contributed by atoms with van der Waals surface area (Å²) in [6.45, 7) is 9.13. The molecule has 0 aromatic heterocycles. The quantitative estimate of drug-likeness (QED) is 0.578. The molecule has 1 unspecified atom stereocenters. The predicted octanol–water partition coefficient (Wildman–Crippen LogP) is 1.75. The van der Waals surface area contributed by atoms with Gasteiger partial charge >= 0.3 is 0 Å². The van der Waals surface area contributed by atoms with Crippen molar-refractivity contribution < 1.29 is 4.74 Å². The summed E-state index contributed by atoms with van der Waals surface area (Å²) in [5.41, 5.74) is 0. The number of nitrogens with zero attached hydrogens (tertiary/aromatic N) is 1. The van der Waals surface area contributed by atoms with Gasteiger partial charge in [-0.05, 0) is 13.5 Å². The van der Waals surface area contributed by atoms with Crippen LogP contribution in [0.15, 0.2) is 0 Å². The molecule has 1 atom stereocenters. The van der Waals surface area contributed by atoms with E-state index in [-0.39, 0.29) is 0 Å². The van der Waals surface area contributed by atoms with Crippen molar-refractivity contribution in [1.82, 2.24) is 4.90 Å². The van der Waals surface area contributed by atoms with Crippen molar-refractivity contribution in [3.05, 3.63) is 0 Å². The second kappa shape index (κ2) is 6.62. The highest BCUT2D eigenvalue weighted by atomic mass is 16.5. The first-order valence-corrected chi connectivity index (χ1v) is 4.62. The average Bonchev–Trinajstić information content (AvgIpc) is 2.09. The van der Waals surface area contributed by atoms with Crippen LogP contribution in [0.1, 0.15) is 27.2 Å². The largest absolute Gasteiger partial charge is 0.378 e. The summed E-state index contributed by atoms with van der Waals surface area (Å²) in [6, 6.07) is 0.666. The summed E-state index contributed by atoms with van der Waals surface area (Å²) < 4.78 is 5.30. The maximum absolute atomic E-state index is 5.30. The Morgan fingerprint density at radius 3 is 2.45 bits per heavy atom. The predicted molar refractivity (Wildman–Crippen MR) is 48.9 cm³/mol. The van der Waals surface area contributed by atoms with Crippen molar-refractivity contribution in [2.24, 2.45) is 0 Å². The molecule has 0 saturated carbocycles. The highest BCUT2D eigenvalue weighted by molar-refractivity contribution is 4.69. The summed E-state index contributed by atoms with van der Waals surface area (Å²) in [5.74, 6) is 0. The number of rotatable bonds is 1. The fourth-order valence-electron chi connectivity index (χ4n) is 1.17. The third-order valence-corrected chi connectivity index (χ3v) is 1.99. The Balaban J connectivity index is 0.000000461. The molecule has 2 heteroatoms. The van der Waals surface area contributed by atoms with Crippen LogP contribution in [0.4, 0.5) is 0 Å². The Hall–Kier alpha value is -0.0800. The number of hydrogen-bond acceptors (Lipinski definition) is 2. The molecule has 0 amide bonds. The normalized spacial score (nSPS) is 25.6. The smallest absolute Gasteiger partial charge is 0.0622 e. The van der Waals surface area contributed by atoms with Gasteiger partial charge < -0.3 is 4.74 Å². The van der Waals surface area contributed by atoms with Crippen LogP contribution < -0.4 is 0 Å². The van der Waals surface area contributed by atoms with E-state index in [1.165, 1.54) is 6.42 Å². The molecular weight excluding hydrogens is 138 g/mol. The van der Waals surface area contributed by atoms with Gasteiger partial charge in [-0.1, -0.05) is 20.8 Å². The summed E-state index contributed by atoms with van der Waals surface area (Å²) in [4.78, 5) is 2.36. The van der Waals surface area contributed by atoms with Crippen LogP contribution in [0.3, 0.4) is 0 Å².